The number of aromatic nitrogens is 1. The molecule has 0 aliphatic heterocycles. The van der Waals surface area contributed by atoms with E-state index in [0.717, 1.165) is 15.9 Å². The van der Waals surface area contributed by atoms with Crippen LogP contribution in [0.3, 0.4) is 0 Å². The maximum absolute atomic E-state index is 12.8. The molecule has 0 radical (unpaired) electrons. The van der Waals surface area contributed by atoms with Crippen molar-refractivity contribution in [2.75, 3.05) is 11.9 Å². The summed E-state index contributed by atoms with van der Waals surface area (Å²) in [5.41, 5.74) is 1.45. The van der Waals surface area contributed by atoms with Gasteiger partial charge in [-0.3, -0.25) is 4.79 Å². The van der Waals surface area contributed by atoms with Gasteiger partial charge in [0.2, 0.25) is 15.9 Å². The van der Waals surface area contributed by atoms with Crippen LogP contribution in [0.15, 0.2) is 70.6 Å². The summed E-state index contributed by atoms with van der Waals surface area (Å²) in [5, 5.41) is 4.41. The van der Waals surface area contributed by atoms with Crippen LogP contribution < -0.4 is 10.0 Å². The largest absolute Gasteiger partial charge is 0.325 e. The molecule has 1 unspecified atom stereocenters. The Morgan fingerprint density at radius 2 is 1.74 bits per heavy atom. The lowest BCUT2D eigenvalue weighted by atomic mass is 10.2. The van der Waals surface area contributed by atoms with E-state index in [1.807, 2.05) is 57.2 Å². The minimum Gasteiger partial charge on any atom is -0.325 e. The lowest BCUT2D eigenvalue weighted by Crippen LogP contribution is -2.27. The molecule has 0 saturated heterocycles. The molecule has 1 atom stereocenters. The van der Waals surface area contributed by atoms with Crippen LogP contribution in [-0.2, 0) is 14.8 Å². The lowest BCUT2D eigenvalue weighted by Gasteiger charge is -2.15. The fraction of sp³-hybridized carbons (Fsp3) is 0.304. The van der Waals surface area contributed by atoms with Crippen LogP contribution in [0, 0.1) is 5.92 Å². The number of benzene rings is 2. The highest BCUT2D eigenvalue weighted by atomic mass is 32.2. The Bertz CT molecular complexity index is 1150. The number of nitrogens with one attached hydrogen (secondary N) is 2. The van der Waals surface area contributed by atoms with E-state index >= 15 is 0 Å². The average Bonchev–Trinajstić information content (AvgIpc) is 2.76. The third-order valence-corrected chi connectivity index (χ3v) is 7.35. The van der Waals surface area contributed by atoms with Crippen molar-refractivity contribution in [1.82, 2.24) is 9.71 Å². The third-order valence-electron chi connectivity index (χ3n) is 4.61. The summed E-state index contributed by atoms with van der Waals surface area (Å²) in [6, 6.07) is 18.0. The number of thioether (sulfide) groups is 1. The van der Waals surface area contributed by atoms with Crippen molar-refractivity contribution >= 4 is 44.3 Å². The maximum Gasteiger partial charge on any atom is 0.240 e. The highest BCUT2D eigenvalue weighted by Crippen LogP contribution is 2.27. The Morgan fingerprint density at radius 1 is 1.03 bits per heavy atom. The number of hydrogen-bond acceptors (Lipinski definition) is 5. The molecule has 0 aliphatic carbocycles. The van der Waals surface area contributed by atoms with Crippen molar-refractivity contribution in [1.29, 1.82) is 0 Å². The highest BCUT2D eigenvalue weighted by Gasteiger charge is 2.20. The van der Waals surface area contributed by atoms with Gasteiger partial charge in [0.05, 0.1) is 20.7 Å². The molecular formula is C23H27N3O3S2. The second kappa shape index (κ2) is 10.3. The molecule has 3 rings (SSSR count). The number of amides is 1. The fourth-order valence-corrected chi connectivity index (χ4v) is 5.02. The number of fused-ring (bicyclic) bond motifs is 1. The molecule has 6 nitrogen and oxygen atoms in total. The molecule has 2 aromatic carbocycles. The van der Waals surface area contributed by atoms with E-state index in [1.54, 1.807) is 12.1 Å². The molecule has 1 aromatic heterocycles. The quantitative estimate of drug-likeness (QED) is 0.456. The number of sulfonamides is 1. The topological polar surface area (TPSA) is 88.2 Å². The lowest BCUT2D eigenvalue weighted by molar-refractivity contribution is -0.115. The smallest absolute Gasteiger partial charge is 0.240 e. The number of carbonyl (C=O) groups excluding carboxylic acids is 1. The van der Waals surface area contributed by atoms with Crippen LogP contribution in [0.25, 0.3) is 10.9 Å². The first-order chi connectivity index (χ1) is 14.8. The number of nitrogens with zero attached hydrogens (tertiary/aromatic N) is 1. The molecule has 8 heteroatoms. The zero-order valence-corrected chi connectivity index (χ0v) is 19.5. The van der Waals surface area contributed by atoms with Crippen molar-refractivity contribution in [2.45, 2.75) is 42.4 Å². The van der Waals surface area contributed by atoms with E-state index in [-0.39, 0.29) is 22.0 Å². The van der Waals surface area contributed by atoms with Crippen molar-refractivity contribution in [3.8, 4) is 0 Å². The molecule has 0 bridgehead atoms. The zero-order chi connectivity index (χ0) is 22.4. The van der Waals surface area contributed by atoms with Gasteiger partial charge in [0, 0.05) is 17.6 Å². The van der Waals surface area contributed by atoms with E-state index in [4.69, 9.17) is 0 Å². The number of carbonyl (C=O) groups is 1. The van der Waals surface area contributed by atoms with Crippen LogP contribution in [0.2, 0.25) is 0 Å². The molecule has 0 aliphatic rings. The summed E-state index contributed by atoms with van der Waals surface area (Å²) in [7, 11) is -3.56. The summed E-state index contributed by atoms with van der Waals surface area (Å²) in [5.74, 6) is 0.0740. The molecule has 1 heterocycles. The molecule has 1 amide bonds. The molecule has 0 spiro atoms. The molecular weight excluding hydrogens is 430 g/mol. The van der Waals surface area contributed by atoms with Crippen molar-refractivity contribution in [2.24, 2.45) is 5.92 Å². The van der Waals surface area contributed by atoms with Gasteiger partial charge in [0.1, 0.15) is 0 Å². The van der Waals surface area contributed by atoms with Gasteiger partial charge < -0.3 is 5.32 Å². The Hall–Kier alpha value is -2.42. The van der Waals surface area contributed by atoms with Gasteiger partial charge in [0.25, 0.3) is 0 Å². The maximum atomic E-state index is 12.8. The van der Waals surface area contributed by atoms with Gasteiger partial charge >= 0.3 is 0 Å². The normalized spacial score (nSPS) is 12.8. The second-order valence-corrected chi connectivity index (χ2v) is 10.6. The average molecular weight is 458 g/mol. The Labute approximate surface area is 187 Å². The molecule has 2 N–H and O–H groups in total. The third kappa shape index (κ3) is 6.29. The van der Waals surface area contributed by atoms with E-state index in [0.29, 0.717) is 18.7 Å². The first-order valence-corrected chi connectivity index (χ1v) is 12.6. The number of anilines is 1. The van der Waals surface area contributed by atoms with Gasteiger partial charge in [-0.1, -0.05) is 56.8 Å². The monoisotopic (exact) mass is 457 g/mol. The SMILES string of the molecule is CCC(Sc1ccc2ccccc2n1)C(=O)Nc1ccc(S(=O)(=O)NCC(C)C)cc1. The van der Waals surface area contributed by atoms with Crippen LogP contribution in [-0.4, -0.2) is 31.1 Å². The summed E-state index contributed by atoms with van der Waals surface area (Å²) in [6.45, 7) is 6.21. The zero-order valence-electron chi connectivity index (χ0n) is 17.8. The van der Waals surface area contributed by atoms with Crippen LogP contribution >= 0.6 is 11.8 Å². The highest BCUT2D eigenvalue weighted by molar-refractivity contribution is 8.00. The first-order valence-electron chi connectivity index (χ1n) is 10.2. The molecule has 3 aromatic rings. The van der Waals surface area contributed by atoms with E-state index in [2.05, 4.69) is 15.0 Å². The van der Waals surface area contributed by atoms with Gasteiger partial charge in [0.15, 0.2) is 0 Å². The molecule has 0 saturated carbocycles. The van der Waals surface area contributed by atoms with Gasteiger partial charge in [-0.05, 0) is 48.7 Å². The van der Waals surface area contributed by atoms with Gasteiger partial charge in [-0.15, -0.1) is 0 Å². The predicted molar refractivity (Wildman–Crippen MR) is 127 cm³/mol. The molecule has 0 fully saturated rings. The standard InChI is InChI=1S/C23H27N3O3S2/c1-4-21(30-22-14-9-17-7-5-6-8-20(17)26-22)23(27)25-18-10-12-19(13-11-18)31(28,29)24-15-16(2)3/h5-14,16,21,24H,4,15H2,1-3H3,(H,25,27). The van der Waals surface area contributed by atoms with Crippen molar-refractivity contribution < 1.29 is 13.2 Å². The van der Waals surface area contributed by atoms with Gasteiger partial charge in [-0.25, -0.2) is 18.1 Å². The van der Waals surface area contributed by atoms with E-state index < -0.39 is 10.0 Å². The van der Waals surface area contributed by atoms with Crippen LogP contribution in [0.1, 0.15) is 27.2 Å². The van der Waals surface area contributed by atoms with Crippen molar-refractivity contribution in [3.63, 3.8) is 0 Å². The van der Waals surface area contributed by atoms with Gasteiger partial charge in [-0.2, -0.15) is 0 Å². The second-order valence-electron chi connectivity index (χ2n) is 7.62. The Morgan fingerprint density at radius 3 is 2.42 bits per heavy atom. The van der Waals surface area contributed by atoms with E-state index in [9.17, 15) is 13.2 Å². The molecule has 31 heavy (non-hydrogen) atoms. The predicted octanol–water partition coefficient (Wildman–Crippen LogP) is 4.68. The molecule has 164 valence electrons. The summed E-state index contributed by atoms with van der Waals surface area (Å²) < 4.78 is 27.2. The Kier molecular flexibility index (Phi) is 7.69. The van der Waals surface area contributed by atoms with Crippen LogP contribution in [0.4, 0.5) is 5.69 Å². The minimum atomic E-state index is -3.56. The number of hydrogen-bond donors (Lipinski definition) is 2. The Balaban J connectivity index is 1.66. The number of rotatable bonds is 9. The number of para-hydroxylation sites is 1. The number of pyridine rings is 1. The van der Waals surface area contributed by atoms with Crippen molar-refractivity contribution in [3.05, 3.63) is 60.7 Å². The fourth-order valence-electron chi connectivity index (χ4n) is 2.88. The summed E-state index contributed by atoms with van der Waals surface area (Å²) in [4.78, 5) is 17.6. The summed E-state index contributed by atoms with van der Waals surface area (Å²) >= 11 is 1.42. The van der Waals surface area contributed by atoms with E-state index in [1.165, 1.54) is 23.9 Å². The van der Waals surface area contributed by atoms with Crippen LogP contribution in [0.5, 0.6) is 0 Å². The first kappa shape index (κ1) is 23.2. The minimum absolute atomic E-state index is 0.143. The summed E-state index contributed by atoms with van der Waals surface area (Å²) in [6.07, 6.45) is 0.636.